The van der Waals surface area contributed by atoms with Crippen LogP contribution in [0.1, 0.15) is 71.1 Å². The second-order valence-electron chi connectivity index (χ2n) is 6.88. The number of carbonyl (C=O) groups is 1. The molecule has 0 aromatic heterocycles. The van der Waals surface area contributed by atoms with E-state index in [9.17, 15) is 9.90 Å². The summed E-state index contributed by atoms with van der Waals surface area (Å²) in [4.78, 5) is 11.9. The Bertz CT molecular complexity index is 318. The fraction of sp³-hybridized carbons (Fsp3) is 0.941. The Balaban J connectivity index is 1.61. The predicted octanol–water partition coefficient (Wildman–Crippen LogP) is 2.78. The van der Waals surface area contributed by atoms with E-state index in [0.29, 0.717) is 13.0 Å². The molecule has 2 aliphatic rings. The molecular formula is C17H31NO3. The first-order valence-electron chi connectivity index (χ1n) is 8.72. The summed E-state index contributed by atoms with van der Waals surface area (Å²) in [6.07, 6.45) is 10.0. The van der Waals surface area contributed by atoms with Gasteiger partial charge >= 0.3 is 0 Å². The lowest BCUT2D eigenvalue weighted by molar-refractivity contribution is -0.123. The summed E-state index contributed by atoms with van der Waals surface area (Å²) in [5.74, 6) is 0.805. The minimum atomic E-state index is -0.678. The van der Waals surface area contributed by atoms with E-state index in [-0.39, 0.29) is 12.0 Å². The largest absolute Gasteiger partial charge is 0.388 e. The molecular weight excluding hydrogens is 266 g/mol. The van der Waals surface area contributed by atoms with Crippen LogP contribution in [0.15, 0.2) is 0 Å². The Labute approximate surface area is 128 Å². The highest BCUT2D eigenvalue weighted by Crippen LogP contribution is 2.33. The third-order valence-electron chi connectivity index (χ3n) is 5.20. The standard InChI is InChI=1S/C17H31NO3/c1-2-14-8-10-17(20,11-9-14)13-18-16(19)7-6-15-5-3-4-12-21-15/h14-15,20H,2-13H2,1H3,(H,18,19). The fourth-order valence-electron chi connectivity index (χ4n) is 3.48. The molecule has 122 valence electrons. The van der Waals surface area contributed by atoms with Crippen LogP contribution < -0.4 is 5.32 Å². The lowest BCUT2D eigenvalue weighted by Gasteiger charge is -2.35. The van der Waals surface area contributed by atoms with Crippen molar-refractivity contribution in [3.8, 4) is 0 Å². The molecule has 1 saturated carbocycles. The zero-order valence-corrected chi connectivity index (χ0v) is 13.4. The van der Waals surface area contributed by atoms with Gasteiger partial charge in [0, 0.05) is 19.6 Å². The Morgan fingerprint density at radius 1 is 1.29 bits per heavy atom. The quantitative estimate of drug-likeness (QED) is 0.792. The van der Waals surface area contributed by atoms with Crippen molar-refractivity contribution in [1.82, 2.24) is 5.32 Å². The van der Waals surface area contributed by atoms with Crippen LogP contribution in [0.25, 0.3) is 0 Å². The molecule has 4 nitrogen and oxygen atoms in total. The zero-order chi connectivity index (χ0) is 15.1. The van der Waals surface area contributed by atoms with Crippen molar-refractivity contribution >= 4 is 5.91 Å². The molecule has 1 amide bonds. The molecule has 1 saturated heterocycles. The molecule has 1 atom stereocenters. The van der Waals surface area contributed by atoms with Gasteiger partial charge in [-0.1, -0.05) is 13.3 Å². The number of ether oxygens (including phenoxy) is 1. The lowest BCUT2D eigenvalue weighted by atomic mass is 9.78. The average Bonchev–Trinajstić information content (AvgIpc) is 2.53. The maximum Gasteiger partial charge on any atom is 0.220 e. The van der Waals surface area contributed by atoms with Gasteiger partial charge in [0.05, 0.1) is 11.7 Å². The lowest BCUT2D eigenvalue weighted by Crippen LogP contribution is -2.45. The topological polar surface area (TPSA) is 58.6 Å². The summed E-state index contributed by atoms with van der Waals surface area (Å²) < 4.78 is 5.64. The summed E-state index contributed by atoms with van der Waals surface area (Å²) in [5, 5.41) is 13.4. The Hall–Kier alpha value is -0.610. The van der Waals surface area contributed by atoms with E-state index in [4.69, 9.17) is 4.74 Å². The van der Waals surface area contributed by atoms with E-state index in [1.807, 2.05) is 0 Å². The third-order valence-corrected chi connectivity index (χ3v) is 5.20. The highest BCUT2D eigenvalue weighted by molar-refractivity contribution is 5.75. The van der Waals surface area contributed by atoms with Crippen LogP contribution in [0.4, 0.5) is 0 Å². The minimum absolute atomic E-state index is 0.0511. The zero-order valence-electron chi connectivity index (χ0n) is 13.4. The number of carbonyl (C=O) groups excluding carboxylic acids is 1. The number of hydrogen-bond donors (Lipinski definition) is 2. The maximum atomic E-state index is 11.9. The van der Waals surface area contributed by atoms with E-state index in [1.165, 1.54) is 12.8 Å². The van der Waals surface area contributed by atoms with Gasteiger partial charge in [-0.05, 0) is 57.3 Å². The van der Waals surface area contributed by atoms with Crippen molar-refractivity contribution in [3.63, 3.8) is 0 Å². The Morgan fingerprint density at radius 3 is 2.67 bits per heavy atom. The average molecular weight is 297 g/mol. The summed E-state index contributed by atoms with van der Waals surface area (Å²) in [6.45, 7) is 3.46. The molecule has 1 aliphatic carbocycles. The molecule has 2 fully saturated rings. The van der Waals surface area contributed by atoms with Crippen molar-refractivity contribution in [3.05, 3.63) is 0 Å². The monoisotopic (exact) mass is 297 g/mol. The highest BCUT2D eigenvalue weighted by Gasteiger charge is 2.32. The van der Waals surface area contributed by atoms with Crippen LogP contribution in [0.2, 0.25) is 0 Å². The molecule has 1 aliphatic heterocycles. The number of nitrogens with one attached hydrogen (secondary N) is 1. The second-order valence-corrected chi connectivity index (χ2v) is 6.88. The Morgan fingerprint density at radius 2 is 2.05 bits per heavy atom. The summed E-state index contributed by atoms with van der Waals surface area (Å²) in [5.41, 5.74) is -0.678. The van der Waals surface area contributed by atoms with Gasteiger partial charge < -0.3 is 15.2 Å². The molecule has 0 radical (unpaired) electrons. The number of rotatable bonds is 6. The Kier molecular flexibility index (Phi) is 6.49. The fourth-order valence-corrected chi connectivity index (χ4v) is 3.48. The molecule has 0 spiro atoms. The first kappa shape index (κ1) is 16.8. The van der Waals surface area contributed by atoms with Gasteiger partial charge in [-0.15, -0.1) is 0 Å². The van der Waals surface area contributed by atoms with Gasteiger partial charge in [-0.25, -0.2) is 0 Å². The number of hydrogen-bond acceptors (Lipinski definition) is 3. The maximum absolute atomic E-state index is 11.9. The minimum Gasteiger partial charge on any atom is -0.388 e. The normalized spacial score (nSPS) is 33.6. The van der Waals surface area contributed by atoms with E-state index < -0.39 is 5.60 Å². The van der Waals surface area contributed by atoms with Crippen LogP contribution >= 0.6 is 0 Å². The summed E-state index contributed by atoms with van der Waals surface area (Å²) in [7, 11) is 0. The van der Waals surface area contributed by atoms with Crippen molar-refractivity contribution in [2.45, 2.75) is 82.8 Å². The molecule has 1 heterocycles. The van der Waals surface area contributed by atoms with Crippen LogP contribution in [0, 0.1) is 5.92 Å². The summed E-state index contributed by atoms with van der Waals surface area (Å²) >= 11 is 0. The van der Waals surface area contributed by atoms with Crippen molar-refractivity contribution in [2.75, 3.05) is 13.2 Å². The second kappa shape index (κ2) is 8.14. The van der Waals surface area contributed by atoms with Gasteiger partial charge in [0.1, 0.15) is 0 Å². The SMILES string of the molecule is CCC1CCC(O)(CNC(=O)CCC2CCCCO2)CC1. The van der Waals surface area contributed by atoms with Crippen molar-refractivity contribution in [1.29, 1.82) is 0 Å². The van der Waals surface area contributed by atoms with Crippen LogP contribution in [-0.4, -0.2) is 35.9 Å². The molecule has 2 N–H and O–H groups in total. The molecule has 1 unspecified atom stereocenters. The molecule has 21 heavy (non-hydrogen) atoms. The molecule has 0 aromatic carbocycles. The van der Waals surface area contributed by atoms with Crippen LogP contribution in [-0.2, 0) is 9.53 Å². The van der Waals surface area contributed by atoms with E-state index >= 15 is 0 Å². The van der Waals surface area contributed by atoms with Gasteiger partial charge in [0.25, 0.3) is 0 Å². The van der Waals surface area contributed by atoms with Gasteiger partial charge in [0.15, 0.2) is 0 Å². The molecule has 0 bridgehead atoms. The third kappa shape index (κ3) is 5.59. The van der Waals surface area contributed by atoms with Gasteiger partial charge in [0.2, 0.25) is 5.91 Å². The molecule has 0 aromatic rings. The van der Waals surface area contributed by atoms with Crippen LogP contribution in [0.5, 0.6) is 0 Å². The first-order valence-corrected chi connectivity index (χ1v) is 8.72. The first-order chi connectivity index (χ1) is 10.1. The van der Waals surface area contributed by atoms with Gasteiger partial charge in [-0.3, -0.25) is 4.79 Å². The predicted molar refractivity (Wildman–Crippen MR) is 83.0 cm³/mol. The van der Waals surface area contributed by atoms with Crippen LogP contribution in [0.3, 0.4) is 0 Å². The molecule has 2 rings (SSSR count). The highest BCUT2D eigenvalue weighted by atomic mass is 16.5. The van der Waals surface area contributed by atoms with Gasteiger partial charge in [-0.2, -0.15) is 0 Å². The van der Waals surface area contributed by atoms with E-state index in [2.05, 4.69) is 12.2 Å². The smallest absolute Gasteiger partial charge is 0.220 e. The molecule has 4 heteroatoms. The number of aliphatic hydroxyl groups is 1. The van der Waals surface area contributed by atoms with Crippen molar-refractivity contribution < 1.29 is 14.6 Å². The number of amides is 1. The summed E-state index contributed by atoms with van der Waals surface area (Å²) in [6, 6.07) is 0. The van der Waals surface area contributed by atoms with E-state index in [0.717, 1.165) is 57.5 Å². The van der Waals surface area contributed by atoms with E-state index in [1.54, 1.807) is 0 Å². The van der Waals surface area contributed by atoms with Crippen molar-refractivity contribution in [2.24, 2.45) is 5.92 Å².